The Balaban J connectivity index is 1.20. The van der Waals surface area contributed by atoms with Crippen molar-refractivity contribution in [3.63, 3.8) is 0 Å². The summed E-state index contributed by atoms with van der Waals surface area (Å²) in [6, 6.07) is 39.4. The SMILES string of the molecule is CCCCCCCCCCCC[C@@H](OCOC)[C@@H]1CC[C@@H]([C@@H](CCCCC(=O)C(CCCC[C@H](CO[Si](c2ccccc2)(c2ccccc2)C(C)(C)C)OCOC)S(=O)(=O)c2ccccc2)OCOCc2ccccc2)O1. The molecule has 428 valence electrons. The maximum atomic E-state index is 14.4. The number of hydrogen-bond acceptors (Lipinski definition) is 11. The van der Waals surface area contributed by atoms with Gasteiger partial charge in [0.25, 0.3) is 8.32 Å². The predicted octanol–water partition coefficient (Wildman–Crippen LogP) is 13.5. The molecule has 77 heavy (non-hydrogen) atoms. The van der Waals surface area contributed by atoms with Gasteiger partial charge in [0.15, 0.2) is 15.6 Å². The van der Waals surface area contributed by atoms with Crippen LogP contribution in [0.25, 0.3) is 0 Å². The number of methoxy groups -OCH3 is 2. The lowest BCUT2D eigenvalue weighted by Gasteiger charge is -2.43. The molecule has 0 saturated carbocycles. The molecule has 6 atom stereocenters. The normalized spacial score (nSPS) is 16.8. The Kier molecular flexibility index (Phi) is 29.9. The lowest BCUT2D eigenvalue weighted by molar-refractivity contribution is -0.165. The van der Waals surface area contributed by atoms with Crippen LogP contribution in [0.15, 0.2) is 126 Å². The molecule has 0 amide bonds. The monoisotopic (exact) mass is 1100 g/mol. The summed E-state index contributed by atoms with van der Waals surface area (Å²) in [6.07, 6.45) is 18.3. The number of unbranched alkanes of at least 4 members (excludes halogenated alkanes) is 11. The van der Waals surface area contributed by atoms with E-state index < -0.39 is 23.4 Å². The molecule has 0 aromatic heterocycles. The maximum absolute atomic E-state index is 14.4. The molecule has 1 unspecified atom stereocenters. The smallest absolute Gasteiger partial charge is 0.261 e. The standard InChI is InChI=1S/C64H96O11SSi/c1-7-8-9-10-11-12-13-14-15-28-43-59(72-51-69-6)61-46-47-62(75-61)60(73-52-70-48-53-33-20-16-21-34-53)44-31-30-42-58(65)63(76(66,67)55-36-22-17-23-37-55)45-32-29-35-54(71-50-68-5)49-74-77(64(2,3)4,56-38-24-18-25-39-56)57-40-26-19-27-41-57/h16-27,33-34,36-41,54,59-63H,7-15,28-32,35,42-52H2,1-6H3/t54-,59-,60-,61+,62+,63?/m1/s1. The largest absolute Gasteiger partial charge is 0.405 e. The third kappa shape index (κ3) is 21.4. The fourth-order valence-electron chi connectivity index (χ4n) is 11.0. The highest BCUT2D eigenvalue weighted by molar-refractivity contribution is 7.92. The molecular formula is C64H96O11SSi. The number of ketones is 1. The average Bonchev–Trinajstić information content (AvgIpc) is 3.99. The van der Waals surface area contributed by atoms with Crippen molar-refractivity contribution in [2.24, 2.45) is 0 Å². The van der Waals surface area contributed by atoms with Crippen molar-refractivity contribution in [2.45, 2.75) is 215 Å². The number of ether oxygens (including phenoxy) is 7. The second-order valence-corrected chi connectivity index (χ2v) is 28.5. The molecule has 11 nitrogen and oxygen atoms in total. The van der Waals surface area contributed by atoms with Crippen molar-refractivity contribution in [3.05, 3.63) is 127 Å². The topological polar surface area (TPSA) is 125 Å². The number of sulfone groups is 1. The van der Waals surface area contributed by atoms with Crippen molar-refractivity contribution in [2.75, 3.05) is 41.2 Å². The first-order valence-corrected chi connectivity index (χ1v) is 32.6. The Hall–Kier alpha value is -3.60. The molecule has 1 aliphatic heterocycles. The summed E-state index contributed by atoms with van der Waals surface area (Å²) in [6.45, 7) is 10.2. The molecule has 0 N–H and O–H groups in total. The zero-order chi connectivity index (χ0) is 55.0. The van der Waals surface area contributed by atoms with Crippen LogP contribution >= 0.6 is 0 Å². The van der Waals surface area contributed by atoms with E-state index in [1.807, 2.05) is 42.5 Å². The van der Waals surface area contributed by atoms with Crippen LogP contribution in [0.5, 0.6) is 0 Å². The molecule has 0 bridgehead atoms. The average molecular weight is 1100 g/mol. The summed E-state index contributed by atoms with van der Waals surface area (Å²) < 4.78 is 78.5. The Morgan fingerprint density at radius 2 is 1.05 bits per heavy atom. The summed E-state index contributed by atoms with van der Waals surface area (Å²) >= 11 is 0. The predicted molar refractivity (Wildman–Crippen MR) is 312 cm³/mol. The minimum Gasteiger partial charge on any atom is -0.405 e. The zero-order valence-electron chi connectivity index (χ0n) is 47.8. The van der Waals surface area contributed by atoms with E-state index in [0.29, 0.717) is 51.7 Å². The van der Waals surface area contributed by atoms with E-state index in [9.17, 15) is 13.2 Å². The molecule has 1 fully saturated rings. The number of benzene rings is 4. The highest BCUT2D eigenvalue weighted by Gasteiger charge is 2.50. The number of carbonyl (C=O) groups excluding carboxylic acids is 1. The molecular weight excluding hydrogens is 1000 g/mol. The maximum Gasteiger partial charge on any atom is 0.261 e. The van der Waals surface area contributed by atoms with Crippen LogP contribution in [0, 0.1) is 0 Å². The van der Waals surface area contributed by atoms with Gasteiger partial charge in [-0.15, -0.1) is 0 Å². The Morgan fingerprint density at radius 1 is 0.584 bits per heavy atom. The molecule has 5 rings (SSSR count). The van der Waals surface area contributed by atoms with Crippen LogP contribution in [0.3, 0.4) is 0 Å². The highest BCUT2D eigenvalue weighted by Crippen LogP contribution is 2.37. The molecule has 4 aromatic carbocycles. The number of Topliss-reactive ketones (excluding diaryl/α,β-unsaturated/α-hetero) is 1. The Labute approximate surface area is 465 Å². The number of hydrogen-bond donors (Lipinski definition) is 0. The van der Waals surface area contributed by atoms with Gasteiger partial charge in [0.1, 0.15) is 25.6 Å². The van der Waals surface area contributed by atoms with E-state index in [0.717, 1.165) is 31.2 Å². The number of rotatable bonds is 42. The molecule has 1 heterocycles. The summed E-state index contributed by atoms with van der Waals surface area (Å²) in [5, 5.41) is 0.974. The highest BCUT2D eigenvalue weighted by atomic mass is 32.2. The molecule has 13 heteroatoms. The first-order chi connectivity index (χ1) is 37.4. The summed E-state index contributed by atoms with van der Waals surface area (Å²) in [5.74, 6) is -0.262. The van der Waals surface area contributed by atoms with Crippen LogP contribution in [0.2, 0.25) is 5.04 Å². The van der Waals surface area contributed by atoms with Gasteiger partial charge in [-0.1, -0.05) is 220 Å². The third-order valence-corrected chi connectivity index (χ3v) is 22.3. The van der Waals surface area contributed by atoms with Gasteiger partial charge in [-0.3, -0.25) is 4.79 Å². The van der Waals surface area contributed by atoms with E-state index in [4.69, 9.17) is 37.6 Å². The molecule has 0 radical (unpaired) electrons. The van der Waals surface area contributed by atoms with Crippen LogP contribution in [-0.4, -0.2) is 99.5 Å². The van der Waals surface area contributed by atoms with Crippen LogP contribution in [-0.2, 0) is 58.8 Å². The molecule has 1 saturated heterocycles. The van der Waals surface area contributed by atoms with Crippen LogP contribution < -0.4 is 10.4 Å². The Bertz CT molecular complexity index is 2210. The molecule has 0 spiro atoms. The van der Waals surface area contributed by atoms with Gasteiger partial charge in [-0.25, -0.2) is 8.42 Å². The van der Waals surface area contributed by atoms with E-state index in [2.05, 4.69) is 76.2 Å². The van der Waals surface area contributed by atoms with Gasteiger partial charge < -0.3 is 37.6 Å². The van der Waals surface area contributed by atoms with Crippen molar-refractivity contribution < 1.29 is 50.8 Å². The third-order valence-electron chi connectivity index (χ3n) is 15.2. The fraction of sp³-hybridized carbons (Fsp3) is 0.609. The summed E-state index contributed by atoms with van der Waals surface area (Å²) in [7, 11) is -3.55. The summed E-state index contributed by atoms with van der Waals surface area (Å²) in [4.78, 5) is 14.5. The first kappa shape index (κ1) is 64.2. The first-order valence-electron chi connectivity index (χ1n) is 29.1. The van der Waals surface area contributed by atoms with Gasteiger partial charge in [0.2, 0.25) is 0 Å². The summed E-state index contributed by atoms with van der Waals surface area (Å²) in [5.41, 5.74) is 1.06. The molecule has 4 aromatic rings. The van der Waals surface area contributed by atoms with Crippen molar-refractivity contribution in [1.29, 1.82) is 0 Å². The zero-order valence-corrected chi connectivity index (χ0v) is 49.6. The minimum atomic E-state index is -3.97. The van der Waals surface area contributed by atoms with Crippen molar-refractivity contribution in [3.8, 4) is 0 Å². The number of carbonyl (C=O) groups is 1. The second kappa shape index (κ2) is 35.9. The van der Waals surface area contributed by atoms with E-state index in [1.165, 1.54) is 68.2 Å². The fourth-order valence-corrected chi connectivity index (χ4v) is 17.4. The van der Waals surface area contributed by atoms with Crippen LogP contribution in [0.1, 0.15) is 168 Å². The van der Waals surface area contributed by atoms with Crippen LogP contribution in [0.4, 0.5) is 0 Å². The molecule has 1 aliphatic rings. The second-order valence-electron chi connectivity index (χ2n) is 22.0. The molecule has 0 aliphatic carbocycles. The lowest BCUT2D eigenvalue weighted by atomic mass is 9.99. The van der Waals surface area contributed by atoms with Gasteiger partial charge in [-0.05, 0) is 78.1 Å². The van der Waals surface area contributed by atoms with E-state index in [-0.39, 0.29) is 79.5 Å². The van der Waals surface area contributed by atoms with E-state index in [1.54, 1.807) is 44.6 Å². The lowest BCUT2D eigenvalue weighted by Crippen LogP contribution is -2.67. The van der Waals surface area contributed by atoms with Crippen molar-refractivity contribution >= 4 is 34.3 Å². The van der Waals surface area contributed by atoms with Gasteiger partial charge in [0.05, 0.1) is 48.6 Å². The van der Waals surface area contributed by atoms with Gasteiger partial charge in [0, 0.05) is 20.6 Å². The van der Waals surface area contributed by atoms with Gasteiger partial charge in [-0.2, -0.15) is 0 Å². The quantitative estimate of drug-likeness (QED) is 0.0239. The van der Waals surface area contributed by atoms with E-state index >= 15 is 0 Å². The van der Waals surface area contributed by atoms with Gasteiger partial charge >= 0.3 is 0 Å². The Morgan fingerprint density at radius 3 is 1.60 bits per heavy atom. The minimum absolute atomic E-state index is 0.0731. The van der Waals surface area contributed by atoms with Crippen molar-refractivity contribution in [1.82, 2.24) is 0 Å².